The van der Waals surface area contributed by atoms with E-state index < -0.39 is 27.3 Å². The van der Waals surface area contributed by atoms with Gasteiger partial charge in [-0.1, -0.05) is 22.9 Å². The molecule has 26 heavy (non-hydrogen) atoms. The number of rotatable bonds is 5. The van der Waals surface area contributed by atoms with Gasteiger partial charge in [0.15, 0.2) is 15.0 Å². The Morgan fingerprint density at radius 1 is 1.27 bits per heavy atom. The number of anilines is 1. The Hall–Kier alpha value is -2.23. The molecular weight excluding hydrogens is 403 g/mol. The van der Waals surface area contributed by atoms with Gasteiger partial charge >= 0.3 is 0 Å². The van der Waals surface area contributed by atoms with E-state index in [0.29, 0.717) is 21.0 Å². The zero-order chi connectivity index (χ0) is 18.9. The monoisotopic (exact) mass is 414 g/mol. The third kappa shape index (κ3) is 3.79. The largest absolute Gasteiger partial charge is 0.494 e. The minimum Gasteiger partial charge on any atom is -0.494 e. The van der Waals surface area contributed by atoms with Crippen LogP contribution < -0.4 is 10.1 Å². The topological polar surface area (TPSA) is 85.4 Å². The lowest BCUT2D eigenvalue weighted by Crippen LogP contribution is -2.22. The van der Waals surface area contributed by atoms with Crippen LogP contribution >= 0.6 is 22.9 Å². The lowest BCUT2D eigenvalue weighted by Gasteiger charge is -2.04. The Bertz CT molecular complexity index is 1080. The van der Waals surface area contributed by atoms with Crippen LogP contribution in [-0.4, -0.2) is 32.2 Å². The molecule has 0 aliphatic rings. The molecule has 0 unspecified atom stereocenters. The van der Waals surface area contributed by atoms with Gasteiger partial charge in [0, 0.05) is 0 Å². The molecule has 10 heteroatoms. The summed E-state index contributed by atoms with van der Waals surface area (Å²) in [4.78, 5) is 16.2. The van der Waals surface area contributed by atoms with E-state index in [4.69, 9.17) is 16.3 Å². The number of sulfone groups is 1. The van der Waals surface area contributed by atoms with E-state index in [0.717, 1.165) is 35.6 Å². The van der Waals surface area contributed by atoms with Gasteiger partial charge in [0.1, 0.15) is 22.8 Å². The number of amides is 1. The molecule has 0 saturated heterocycles. The van der Waals surface area contributed by atoms with Crippen molar-refractivity contribution in [3.8, 4) is 5.75 Å². The zero-order valence-corrected chi connectivity index (χ0v) is 15.7. The molecule has 0 saturated carbocycles. The highest BCUT2D eigenvalue weighted by molar-refractivity contribution is 7.92. The number of hydrogen-bond acceptors (Lipinski definition) is 6. The summed E-state index contributed by atoms with van der Waals surface area (Å²) >= 11 is 7.22. The highest BCUT2D eigenvalue weighted by Gasteiger charge is 2.21. The molecule has 0 radical (unpaired) electrons. The first-order valence-corrected chi connectivity index (χ1v) is 10.1. The summed E-state index contributed by atoms with van der Waals surface area (Å²) in [6.07, 6.45) is 0. The lowest BCUT2D eigenvalue weighted by molar-refractivity contribution is -0.113. The second-order valence-electron chi connectivity index (χ2n) is 5.21. The summed E-state index contributed by atoms with van der Waals surface area (Å²) < 4.78 is 43.2. The third-order valence-electron chi connectivity index (χ3n) is 3.42. The van der Waals surface area contributed by atoms with Crippen LogP contribution in [0.5, 0.6) is 5.75 Å². The molecule has 1 amide bonds. The number of aromatic nitrogens is 1. The Morgan fingerprint density at radius 3 is 2.62 bits per heavy atom. The van der Waals surface area contributed by atoms with Gasteiger partial charge in [-0.25, -0.2) is 17.8 Å². The molecule has 1 aromatic heterocycles. The Labute approximate surface area is 157 Å². The van der Waals surface area contributed by atoms with E-state index in [1.807, 2.05) is 0 Å². The van der Waals surface area contributed by atoms with Crippen molar-refractivity contribution in [1.29, 1.82) is 0 Å². The predicted octanol–water partition coefficient (Wildman–Crippen LogP) is 3.51. The number of nitrogens with one attached hydrogen (secondary N) is 1. The number of carbonyl (C=O) groups excluding carboxylic acids is 1. The van der Waals surface area contributed by atoms with Crippen molar-refractivity contribution in [2.24, 2.45) is 0 Å². The average molecular weight is 415 g/mol. The van der Waals surface area contributed by atoms with Gasteiger partial charge in [-0.15, -0.1) is 0 Å². The fourth-order valence-corrected chi connectivity index (χ4v) is 4.53. The van der Waals surface area contributed by atoms with Crippen LogP contribution in [0.25, 0.3) is 10.2 Å². The highest BCUT2D eigenvalue weighted by Crippen LogP contribution is 2.37. The lowest BCUT2D eigenvalue weighted by atomic mass is 10.3. The second-order valence-corrected chi connectivity index (χ2v) is 8.60. The van der Waals surface area contributed by atoms with E-state index in [9.17, 15) is 17.6 Å². The van der Waals surface area contributed by atoms with Crippen LogP contribution in [-0.2, 0) is 14.6 Å². The SMILES string of the molecule is COc1ccc(Cl)c2sc(NC(=O)CS(=O)(=O)c3ccc(F)cc3)nc12. The molecule has 6 nitrogen and oxygen atoms in total. The summed E-state index contributed by atoms with van der Waals surface area (Å²) in [5, 5.41) is 3.09. The van der Waals surface area contributed by atoms with Gasteiger partial charge in [-0.3, -0.25) is 4.79 Å². The Balaban J connectivity index is 1.81. The number of fused-ring (bicyclic) bond motifs is 1. The number of hydrogen-bond donors (Lipinski definition) is 1. The van der Waals surface area contributed by atoms with Gasteiger partial charge in [-0.2, -0.15) is 0 Å². The molecular formula is C16H12ClFN2O4S2. The summed E-state index contributed by atoms with van der Waals surface area (Å²) in [5.41, 5.74) is 0.474. The Morgan fingerprint density at radius 2 is 1.96 bits per heavy atom. The third-order valence-corrected chi connectivity index (χ3v) is 6.48. The van der Waals surface area contributed by atoms with E-state index in [2.05, 4.69) is 10.3 Å². The second kappa shape index (κ2) is 7.18. The van der Waals surface area contributed by atoms with Crippen molar-refractivity contribution in [3.05, 3.63) is 47.2 Å². The molecule has 0 bridgehead atoms. The number of halogens is 2. The van der Waals surface area contributed by atoms with Crippen molar-refractivity contribution < 1.29 is 22.3 Å². The van der Waals surface area contributed by atoms with Crippen molar-refractivity contribution in [3.63, 3.8) is 0 Å². The standard InChI is InChI=1S/C16H12ClFN2O4S2/c1-24-12-7-6-11(17)15-14(12)20-16(25-15)19-13(21)8-26(22,23)10-4-2-9(18)3-5-10/h2-7H,8H2,1H3,(H,19,20,21). The molecule has 0 aliphatic carbocycles. The molecule has 2 aromatic carbocycles. The number of methoxy groups -OCH3 is 1. The maximum Gasteiger partial charge on any atom is 0.241 e. The zero-order valence-electron chi connectivity index (χ0n) is 13.3. The molecule has 0 aliphatic heterocycles. The molecule has 136 valence electrons. The van der Waals surface area contributed by atoms with Crippen molar-refractivity contribution >= 4 is 54.0 Å². The first-order valence-electron chi connectivity index (χ1n) is 7.21. The predicted molar refractivity (Wildman–Crippen MR) is 98.3 cm³/mol. The summed E-state index contributed by atoms with van der Waals surface area (Å²) in [6, 6.07) is 7.56. The summed E-state index contributed by atoms with van der Waals surface area (Å²) in [5.74, 6) is -1.63. The maximum atomic E-state index is 12.9. The summed E-state index contributed by atoms with van der Waals surface area (Å²) in [7, 11) is -2.42. The van der Waals surface area contributed by atoms with Gasteiger partial charge in [0.25, 0.3) is 0 Å². The highest BCUT2D eigenvalue weighted by atomic mass is 35.5. The molecule has 1 N–H and O–H groups in total. The van der Waals surface area contributed by atoms with Crippen LogP contribution in [0.1, 0.15) is 0 Å². The van der Waals surface area contributed by atoms with E-state index in [1.165, 1.54) is 7.11 Å². The van der Waals surface area contributed by atoms with E-state index >= 15 is 0 Å². The average Bonchev–Trinajstić information content (AvgIpc) is 2.99. The Kier molecular flexibility index (Phi) is 5.12. The number of nitrogens with zero attached hydrogens (tertiary/aromatic N) is 1. The van der Waals surface area contributed by atoms with Gasteiger partial charge < -0.3 is 10.1 Å². The van der Waals surface area contributed by atoms with Gasteiger partial charge in [-0.05, 0) is 36.4 Å². The van der Waals surface area contributed by atoms with Gasteiger partial charge in [0.05, 0.1) is 21.7 Å². The number of benzene rings is 2. The fourth-order valence-electron chi connectivity index (χ4n) is 2.22. The first kappa shape index (κ1) is 18.6. The van der Waals surface area contributed by atoms with Crippen LogP contribution in [0.15, 0.2) is 41.3 Å². The van der Waals surface area contributed by atoms with Crippen LogP contribution in [0.2, 0.25) is 5.02 Å². The first-order chi connectivity index (χ1) is 12.3. The van der Waals surface area contributed by atoms with Gasteiger partial charge in [0.2, 0.25) is 5.91 Å². The molecule has 1 heterocycles. The maximum absolute atomic E-state index is 12.9. The molecule has 0 spiro atoms. The molecule has 3 rings (SSSR count). The van der Waals surface area contributed by atoms with Crippen molar-refractivity contribution in [1.82, 2.24) is 4.98 Å². The number of carbonyl (C=O) groups is 1. The minimum absolute atomic E-state index is 0.136. The van der Waals surface area contributed by atoms with Crippen LogP contribution in [0.3, 0.4) is 0 Å². The summed E-state index contributed by atoms with van der Waals surface area (Å²) in [6.45, 7) is 0. The van der Waals surface area contributed by atoms with Crippen molar-refractivity contribution in [2.45, 2.75) is 4.90 Å². The van der Waals surface area contributed by atoms with Crippen LogP contribution in [0, 0.1) is 5.82 Å². The van der Waals surface area contributed by atoms with E-state index in [1.54, 1.807) is 12.1 Å². The minimum atomic E-state index is -3.90. The van der Waals surface area contributed by atoms with E-state index in [-0.39, 0.29) is 10.0 Å². The quantitative estimate of drug-likeness (QED) is 0.646. The smallest absolute Gasteiger partial charge is 0.241 e. The fraction of sp³-hybridized carbons (Fsp3) is 0.125. The molecule has 0 atom stereocenters. The number of ether oxygens (including phenoxy) is 1. The number of thiazole rings is 1. The normalized spacial score (nSPS) is 11.5. The van der Waals surface area contributed by atoms with Crippen molar-refractivity contribution in [2.75, 3.05) is 18.2 Å². The molecule has 0 fully saturated rings. The molecule has 3 aromatic rings. The van der Waals surface area contributed by atoms with Crippen LogP contribution in [0.4, 0.5) is 9.52 Å².